The summed E-state index contributed by atoms with van der Waals surface area (Å²) in [7, 11) is 1.50. The Hall–Kier alpha value is -2.87. The Kier molecular flexibility index (Phi) is 2.62. The van der Waals surface area contributed by atoms with E-state index in [2.05, 4.69) is 16.2 Å². The number of nitrogens with zero attached hydrogens (tertiary/aromatic N) is 4. The first-order chi connectivity index (χ1) is 9.35. The number of rotatable bonds is 2. The van der Waals surface area contributed by atoms with Crippen LogP contribution in [0.4, 0.5) is 0 Å². The molecule has 3 aromatic heterocycles. The maximum Gasteiger partial charge on any atom is 0.232 e. The summed E-state index contributed by atoms with van der Waals surface area (Å²) in [6, 6.07) is 11.6. The van der Waals surface area contributed by atoms with Crippen molar-refractivity contribution in [1.29, 1.82) is 5.26 Å². The van der Waals surface area contributed by atoms with Crippen molar-refractivity contribution in [2.45, 2.75) is 0 Å². The second-order valence-electron chi connectivity index (χ2n) is 3.93. The molecule has 0 bridgehead atoms. The molecule has 0 saturated heterocycles. The quantitative estimate of drug-likeness (QED) is 0.700. The van der Waals surface area contributed by atoms with Crippen molar-refractivity contribution < 1.29 is 4.74 Å². The molecule has 5 heteroatoms. The molecule has 0 spiro atoms. The van der Waals surface area contributed by atoms with Gasteiger partial charge in [0.15, 0.2) is 0 Å². The van der Waals surface area contributed by atoms with Crippen molar-refractivity contribution in [3.63, 3.8) is 0 Å². The molecule has 0 aliphatic heterocycles. The molecule has 3 rings (SSSR count). The number of pyridine rings is 2. The molecule has 0 aromatic carbocycles. The molecular weight excluding hydrogens is 240 g/mol. The summed E-state index contributed by atoms with van der Waals surface area (Å²) < 4.78 is 6.92. The number of fused-ring (bicyclic) bond motifs is 1. The largest absolute Gasteiger partial charge is 0.480 e. The van der Waals surface area contributed by atoms with E-state index < -0.39 is 0 Å². The Labute approximate surface area is 109 Å². The summed E-state index contributed by atoms with van der Waals surface area (Å²) in [6.07, 6.45) is 3.35. The zero-order valence-corrected chi connectivity index (χ0v) is 10.2. The Bertz CT molecular complexity index is 785. The number of methoxy groups -OCH3 is 1. The van der Waals surface area contributed by atoms with E-state index in [1.807, 2.05) is 24.3 Å². The van der Waals surface area contributed by atoms with Crippen LogP contribution in [0.15, 0.2) is 42.7 Å². The molecule has 0 fully saturated rings. The van der Waals surface area contributed by atoms with Crippen LogP contribution in [0.3, 0.4) is 0 Å². The number of nitriles is 1. The van der Waals surface area contributed by atoms with Gasteiger partial charge in [-0.15, -0.1) is 0 Å². The van der Waals surface area contributed by atoms with Gasteiger partial charge in [-0.05, 0) is 24.3 Å². The van der Waals surface area contributed by atoms with E-state index >= 15 is 0 Å². The average molecular weight is 250 g/mol. The van der Waals surface area contributed by atoms with E-state index in [9.17, 15) is 5.26 Å². The molecule has 0 amide bonds. The summed E-state index contributed by atoms with van der Waals surface area (Å²) in [4.78, 5) is 4.05. The number of hydrogen-bond acceptors (Lipinski definition) is 4. The number of ether oxygens (including phenoxy) is 1. The number of aromatic nitrogens is 3. The highest BCUT2D eigenvalue weighted by Crippen LogP contribution is 2.28. The lowest BCUT2D eigenvalue weighted by Crippen LogP contribution is -1.98. The van der Waals surface area contributed by atoms with Crippen LogP contribution in [0.5, 0.6) is 5.88 Å². The lowest BCUT2D eigenvalue weighted by atomic mass is 10.1. The second kappa shape index (κ2) is 4.42. The van der Waals surface area contributed by atoms with E-state index in [-0.39, 0.29) is 0 Å². The van der Waals surface area contributed by atoms with Crippen LogP contribution >= 0.6 is 0 Å². The smallest absolute Gasteiger partial charge is 0.232 e. The molecule has 3 heterocycles. The van der Waals surface area contributed by atoms with Crippen LogP contribution < -0.4 is 4.74 Å². The fourth-order valence-electron chi connectivity index (χ4n) is 2.07. The zero-order valence-electron chi connectivity index (χ0n) is 10.2. The molecule has 0 aliphatic rings. The van der Waals surface area contributed by atoms with Gasteiger partial charge in [0.1, 0.15) is 11.6 Å². The Morgan fingerprint density at radius 1 is 1.21 bits per heavy atom. The minimum atomic E-state index is 0.323. The van der Waals surface area contributed by atoms with Gasteiger partial charge in [0.25, 0.3) is 0 Å². The topological polar surface area (TPSA) is 63.2 Å². The molecule has 0 aliphatic carbocycles. The third-order valence-electron chi connectivity index (χ3n) is 2.92. The maximum atomic E-state index is 9.31. The van der Waals surface area contributed by atoms with E-state index in [1.165, 1.54) is 7.11 Å². The fraction of sp³-hybridized carbons (Fsp3) is 0.0714. The molecule has 92 valence electrons. The van der Waals surface area contributed by atoms with E-state index in [4.69, 9.17) is 4.74 Å². The molecule has 3 aromatic rings. The third kappa shape index (κ3) is 1.70. The average Bonchev–Trinajstić information content (AvgIpc) is 2.94. The lowest BCUT2D eigenvalue weighted by Gasteiger charge is -2.09. The van der Waals surface area contributed by atoms with Gasteiger partial charge < -0.3 is 4.74 Å². The lowest BCUT2D eigenvalue weighted by molar-refractivity contribution is 0.396. The van der Waals surface area contributed by atoms with Crippen LogP contribution in [0.2, 0.25) is 0 Å². The Balaban J connectivity index is 2.34. The van der Waals surface area contributed by atoms with Crippen molar-refractivity contribution >= 4 is 5.52 Å². The highest BCUT2D eigenvalue weighted by atomic mass is 16.5. The van der Waals surface area contributed by atoms with Crippen molar-refractivity contribution in [1.82, 2.24) is 14.6 Å². The van der Waals surface area contributed by atoms with Crippen LogP contribution in [-0.2, 0) is 0 Å². The zero-order chi connectivity index (χ0) is 13.2. The van der Waals surface area contributed by atoms with Crippen molar-refractivity contribution in [2.24, 2.45) is 0 Å². The van der Waals surface area contributed by atoms with Gasteiger partial charge in [0, 0.05) is 11.8 Å². The summed E-state index contributed by atoms with van der Waals surface area (Å²) in [5.41, 5.74) is 2.97. The first-order valence-corrected chi connectivity index (χ1v) is 5.71. The van der Waals surface area contributed by atoms with E-state index in [1.54, 1.807) is 23.0 Å². The summed E-state index contributed by atoms with van der Waals surface area (Å²) >= 11 is 0. The number of hydrogen-bond donors (Lipinski definition) is 0. The molecule has 0 radical (unpaired) electrons. The van der Waals surface area contributed by atoms with Crippen LogP contribution in [0.1, 0.15) is 5.56 Å². The molecule has 0 N–H and O–H groups in total. The fourth-order valence-corrected chi connectivity index (χ4v) is 2.07. The minimum absolute atomic E-state index is 0.323. The van der Waals surface area contributed by atoms with Gasteiger partial charge in [-0.25, -0.2) is 9.50 Å². The first-order valence-electron chi connectivity index (χ1n) is 5.71. The first kappa shape index (κ1) is 11.2. The van der Waals surface area contributed by atoms with Crippen molar-refractivity contribution in [3.8, 4) is 23.2 Å². The minimum Gasteiger partial charge on any atom is -0.480 e. The van der Waals surface area contributed by atoms with Gasteiger partial charge in [-0.1, -0.05) is 6.07 Å². The normalized spacial score (nSPS) is 10.3. The molecule has 0 atom stereocenters. The van der Waals surface area contributed by atoms with Crippen molar-refractivity contribution in [2.75, 3.05) is 7.11 Å². The predicted molar refractivity (Wildman–Crippen MR) is 69.7 cm³/mol. The predicted octanol–water partition coefficient (Wildman–Crippen LogP) is 2.28. The third-order valence-corrected chi connectivity index (χ3v) is 2.92. The van der Waals surface area contributed by atoms with Crippen LogP contribution in [0, 0.1) is 11.3 Å². The molecule has 5 nitrogen and oxygen atoms in total. The van der Waals surface area contributed by atoms with E-state index in [0.29, 0.717) is 11.4 Å². The van der Waals surface area contributed by atoms with Gasteiger partial charge in [-0.2, -0.15) is 10.4 Å². The molecule has 0 saturated carbocycles. The van der Waals surface area contributed by atoms with E-state index in [0.717, 1.165) is 16.8 Å². The highest BCUT2D eigenvalue weighted by molar-refractivity contribution is 5.72. The Morgan fingerprint density at radius 3 is 2.89 bits per heavy atom. The van der Waals surface area contributed by atoms with Gasteiger partial charge >= 0.3 is 0 Å². The molecule has 0 unspecified atom stereocenters. The highest BCUT2D eigenvalue weighted by Gasteiger charge is 2.14. The SMILES string of the molecule is COc1nccc(-c2cccc3ccnn23)c1C#N. The monoisotopic (exact) mass is 250 g/mol. The standard InChI is InChI=1S/C14H10N4O/c1-19-14-12(9-15)11(6-7-16-14)13-4-2-3-10-5-8-17-18(10)13/h2-8H,1H3. The summed E-state index contributed by atoms with van der Waals surface area (Å²) in [5, 5.41) is 13.6. The second-order valence-corrected chi connectivity index (χ2v) is 3.93. The molecular formula is C14H10N4O. The Morgan fingerprint density at radius 2 is 2.11 bits per heavy atom. The molecule has 19 heavy (non-hydrogen) atoms. The van der Waals surface area contributed by atoms with Crippen LogP contribution in [-0.4, -0.2) is 21.7 Å². The maximum absolute atomic E-state index is 9.31. The summed E-state index contributed by atoms with van der Waals surface area (Å²) in [6.45, 7) is 0. The van der Waals surface area contributed by atoms with Gasteiger partial charge in [0.05, 0.1) is 24.5 Å². The summed E-state index contributed by atoms with van der Waals surface area (Å²) in [5.74, 6) is 0.323. The van der Waals surface area contributed by atoms with Crippen molar-refractivity contribution in [3.05, 3.63) is 48.3 Å². The van der Waals surface area contributed by atoms with Gasteiger partial charge in [-0.3, -0.25) is 0 Å². The van der Waals surface area contributed by atoms with Crippen LogP contribution in [0.25, 0.3) is 16.8 Å². The van der Waals surface area contributed by atoms with Gasteiger partial charge in [0.2, 0.25) is 5.88 Å².